The van der Waals surface area contributed by atoms with Gasteiger partial charge < -0.3 is 20.1 Å². The molecule has 0 aliphatic carbocycles. The van der Waals surface area contributed by atoms with E-state index >= 15 is 0 Å². The average molecular weight is 543 g/mol. The maximum atomic E-state index is 14.0. The first-order valence-electron chi connectivity index (χ1n) is 12.0. The molecule has 2 N–H and O–H groups in total. The Morgan fingerprint density at radius 1 is 0.872 bits per heavy atom. The van der Waals surface area contributed by atoms with Crippen molar-refractivity contribution in [3.63, 3.8) is 0 Å². The Morgan fingerprint density at radius 3 is 2.36 bits per heavy atom. The summed E-state index contributed by atoms with van der Waals surface area (Å²) < 4.78 is 24.9. The molecule has 4 aromatic carbocycles. The zero-order valence-electron chi connectivity index (χ0n) is 21.4. The van der Waals surface area contributed by atoms with Gasteiger partial charge in [-0.25, -0.2) is 4.39 Å². The fourth-order valence-corrected chi connectivity index (χ4v) is 4.70. The molecular formula is C31H27FN2O4S. The first kappa shape index (κ1) is 27.5. The van der Waals surface area contributed by atoms with E-state index in [9.17, 15) is 14.0 Å². The van der Waals surface area contributed by atoms with Gasteiger partial charge in [-0.1, -0.05) is 54.6 Å². The molecule has 39 heavy (non-hydrogen) atoms. The van der Waals surface area contributed by atoms with E-state index in [0.29, 0.717) is 39.6 Å². The van der Waals surface area contributed by atoms with Gasteiger partial charge in [-0.2, -0.15) is 0 Å². The van der Waals surface area contributed by atoms with Gasteiger partial charge in [0.2, 0.25) is 0 Å². The first-order chi connectivity index (χ1) is 19.0. The molecule has 0 fully saturated rings. The number of benzene rings is 4. The lowest BCUT2D eigenvalue weighted by Gasteiger charge is -2.14. The zero-order chi connectivity index (χ0) is 27.6. The summed E-state index contributed by atoms with van der Waals surface area (Å²) in [4.78, 5) is 27.3. The number of para-hydroxylation sites is 1. The number of amides is 2. The van der Waals surface area contributed by atoms with Gasteiger partial charge in [0.25, 0.3) is 11.8 Å². The van der Waals surface area contributed by atoms with Crippen molar-refractivity contribution in [2.75, 3.05) is 19.5 Å². The standard InChI is InChI=1S/C31H27FN2O4S/c1-37-28-17-8-13-22(29(28)38-2)18-27(34-30(35)21-10-4-3-5-11-21)31(36)33-24-14-9-15-25(19-24)39-20-23-12-6-7-16-26(23)32/h3-19H,20H2,1-2H3,(H,33,36)(H,34,35)/b27-18+. The molecular weight excluding hydrogens is 515 g/mol. The van der Waals surface area contributed by atoms with Crippen LogP contribution in [0.3, 0.4) is 0 Å². The summed E-state index contributed by atoms with van der Waals surface area (Å²) in [5.41, 5.74) is 2.08. The van der Waals surface area contributed by atoms with Crippen LogP contribution in [0.4, 0.5) is 10.1 Å². The number of methoxy groups -OCH3 is 2. The Hall–Kier alpha value is -4.56. The second-order valence-electron chi connectivity index (χ2n) is 8.32. The predicted octanol–water partition coefficient (Wildman–Crippen LogP) is 6.54. The molecule has 0 bridgehead atoms. The van der Waals surface area contributed by atoms with E-state index in [-0.39, 0.29) is 11.5 Å². The Labute approximate surface area is 230 Å². The minimum Gasteiger partial charge on any atom is -0.493 e. The number of hydrogen-bond acceptors (Lipinski definition) is 5. The van der Waals surface area contributed by atoms with E-state index in [0.717, 1.165) is 4.90 Å². The molecule has 0 spiro atoms. The average Bonchev–Trinajstić information content (AvgIpc) is 2.96. The monoisotopic (exact) mass is 542 g/mol. The largest absolute Gasteiger partial charge is 0.493 e. The minimum absolute atomic E-state index is 0.0137. The number of halogens is 1. The second-order valence-corrected chi connectivity index (χ2v) is 9.37. The van der Waals surface area contributed by atoms with E-state index in [1.165, 1.54) is 38.1 Å². The molecule has 0 aliphatic rings. The molecule has 8 heteroatoms. The maximum Gasteiger partial charge on any atom is 0.272 e. The summed E-state index contributed by atoms with van der Waals surface area (Å²) in [6.07, 6.45) is 1.54. The van der Waals surface area contributed by atoms with Crippen LogP contribution in [0.25, 0.3) is 6.08 Å². The summed E-state index contributed by atoms with van der Waals surface area (Å²) in [6.45, 7) is 0. The normalized spacial score (nSPS) is 11.0. The van der Waals surface area contributed by atoms with Crippen LogP contribution in [0.15, 0.2) is 108 Å². The van der Waals surface area contributed by atoms with Gasteiger partial charge in [-0.3, -0.25) is 9.59 Å². The van der Waals surface area contributed by atoms with Crippen molar-refractivity contribution in [2.45, 2.75) is 10.6 Å². The number of carbonyl (C=O) groups is 2. The number of anilines is 1. The number of carbonyl (C=O) groups excluding carboxylic acids is 2. The number of nitrogens with one attached hydrogen (secondary N) is 2. The van der Waals surface area contributed by atoms with Crippen molar-refractivity contribution in [2.24, 2.45) is 0 Å². The molecule has 6 nitrogen and oxygen atoms in total. The molecule has 0 radical (unpaired) electrons. The molecule has 198 valence electrons. The third-order valence-electron chi connectivity index (χ3n) is 5.71. The molecule has 0 aliphatic heterocycles. The van der Waals surface area contributed by atoms with Crippen LogP contribution < -0.4 is 20.1 Å². The zero-order valence-corrected chi connectivity index (χ0v) is 22.3. The van der Waals surface area contributed by atoms with Crippen molar-refractivity contribution in [1.82, 2.24) is 5.32 Å². The van der Waals surface area contributed by atoms with Gasteiger partial charge in [-0.15, -0.1) is 11.8 Å². The van der Waals surface area contributed by atoms with Crippen LogP contribution >= 0.6 is 11.8 Å². The van der Waals surface area contributed by atoms with Crippen LogP contribution in [0, 0.1) is 5.82 Å². The van der Waals surface area contributed by atoms with Gasteiger partial charge in [0.05, 0.1) is 14.2 Å². The predicted molar refractivity (Wildman–Crippen MR) is 152 cm³/mol. The highest BCUT2D eigenvalue weighted by atomic mass is 32.2. The van der Waals surface area contributed by atoms with E-state index < -0.39 is 11.8 Å². The van der Waals surface area contributed by atoms with E-state index in [4.69, 9.17) is 9.47 Å². The highest BCUT2D eigenvalue weighted by Gasteiger charge is 2.17. The Morgan fingerprint density at radius 2 is 1.62 bits per heavy atom. The fourth-order valence-electron chi connectivity index (χ4n) is 3.76. The smallest absolute Gasteiger partial charge is 0.272 e. The lowest BCUT2D eigenvalue weighted by molar-refractivity contribution is -0.113. The van der Waals surface area contributed by atoms with Gasteiger partial charge in [0, 0.05) is 27.5 Å². The fraction of sp³-hybridized carbons (Fsp3) is 0.0968. The van der Waals surface area contributed by atoms with Crippen LogP contribution in [-0.4, -0.2) is 26.0 Å². The summed E-state index contributed by atoms with van der Waals surface area (Å²) >= 11 is 1.45. The van der Waals surface area contributed by atoms with Crippen molar-refractivity contribution < 1.29 is 23.5 Å². The molecule has 0 aromatic heterocycles. The summed E-state index contributed by atoms with van der Waals surface area (Å²) in [5, 5.41) is 5.58. The lowest BCUT2D eigenvalue weighted by Crippen LogP contribution is -2.30. The topological polar surface area (TPSA) is 76.7 Å². The second kappa shape index (κ2) is 13.3. The van der Waals surface area contributed by atoms with Gasteiger partial charge >= 0.3 is 0 Å². The Balaban J connectivity index is 1.59. The lowest BCUT2D eigenvalue weighted by atomic mass is 10.1. The molecule has 4 aromatic rings. The number of rotatable bonds is 10. The Kier molecular flexibility index (Phi) is 9.37. The third-order valence-corrected chi connectivity index (χ3v) is 6.75. The summed E-state index contributed by atoms with van der Waals surface area (Å²) in [7, 11) is 3.02. The minimum atomic E-state index is -0.527. The quantitative estimate of drug-likeness (QED) is 0.176. The maximum absolute atomic E-state index is 14.0. The van der Waals surface area contributed by atoms with E-state index in [1.54, 1.807) is 84.9 Å². The molecule has 0 saturated heterocycles. The summed E-state index contributed by atoms with van der Waals surface area (Å²) in [5.74, 6) is 0.128. The summed E-state index contributed by atoms with van der Waals surface area (Å²) in [6, 6.07) is 27.7. The highest BCUT2D eigenvalue weighted by Crippen LogP contribution is 2.32. The number of thioether (sulfide) groups is 1. The Bertz CT molecular complexity index is 1490. The molecule has 0 heterocycles. The van der Waals surface area contributed by atoms with Crippen molar-refractivity contribution in [3.8, 4) is 11.5 Å². The molecule has 2 amide bonds. The van der Waals surface area contributed by atoms with Crippen LogP contribution in [-0.2, 0) is 10.5 Å². The molecule has 0 atom stereocenters. The van der Waals surface area contributed by atoms with Gasteiger partial charge in [-0.05, 0) is 54.1 Å². The van der Waals surface area contributed by atoms with Crippen LogP contribution in [0.2, 0.25) is 0 Å². The van der Waals surface area contributed by atoms with Crippen molar-refractivity contribution in [1.29, 1.82) is 0 Å². The number of ether oxygens (including phenoxy) is 2. The van der Waals surface area contributed by atoms with E-state index in [1.807, 2.05) is 6.07 Å². The number of hydrogen-bond donors (Lipinski definition) is 2. The van der Waals surface area contributed by atoms with Crippen LogP contribution in [0.5, 0.6) is 11.5 Å². The third kappa shape index (κ3) is 7.27. The van der Waals surface area contributed by atoms with Gasteiger partial charge in [0.15, 0.2) is 11.5 Å². The van der Waals surface area contributed by atoms with Crippen molar-refractivity contribution >= 4 is 35.3 Å². The van der Waals surface area contributed by atoms with Crippen molar-refractivity contribution in [3.05, 3.63) is 125 Å². The molecule has 4 rings (SSSR count). The highest BCUT2D eigenvalue weighted by molar-refractivity contribution is 7.98. The van der Waals surface area contributed by atoms with Gasteiger partial charge in [0.1, 0.15) is 11.5 Å². The molecule has 0 unspecified atom stereocenters. The van der Waals surface area contributed by atoms with E-state index in [2.05, 4.69) is 10.6 Å². The SMILES string of the molecule is COc1cccc(/C=C(/NC(=O)c2ccccc2)C(=O)Nc2cccc(SCc3ccccc3F)c2)c1OC. The van der Waals surface area contributed by atoms with Crippen LogP contribution in [0.1, 0.15) is 21.5 Å². The first-order valence-corrected chi connectivity index (χ1v) is 13.0. The molecule has 0 saturated carbocycles.